The molecule has 0 radical (unpaired) electrons. The van der Waals surface area contributed by atoms with Gasteiger partial charge in [-0.1, -0.05) is 51.5 Å². The van der Waals surface area contributed by atoms with Crippen LogP contribution in [0.2, 0.25) is 0 Å². The molecule has 0 N–H and O–H groups in total. The highest BCUT2D eigenvalue weighted by Crippen LogP contribution is 2.39. The Morgan fingerprint density at radius 2 is 1.73 bits per heavy atom. The summed E-state index contributed by atoms with van der Waals surface area (Å²) >= 11 is 0. The lowest BCUT2D eigenvalue weighted by molar-refractivity contribution is 0.272. The monoisotopic (exact) mass is 202 g/mol. The van der Waals surface area contributed by atoms with Gasteiger partial charge in [-0.2, -0.15) is 0 Å². The van der Waals surface area contributed by atoms with Crippen LogP contribution in [0, 0.1) is 5.92 Å². The molecular weight excluding hydrogens is 180 g/mol. The summed E-state index contributed by atoms with van der Waals surface area (Å²) in [6, 6.07) is 9.18. The van der Waals surface area contributed by atoms with E-state index in [2.05, 4.69) is 45.0 Å². The zero-order valence-corrected chi connectivity index (χ0v) is 10.2. The van der Waals surface area contributed by atoms with Gasteiger partial charge in [-0.3, -0.25) is 0 Å². The summed E-state index contributed by atoms with van der Waals surface area (Å²) in [6.07, 6.45) is 4.32. The highest BCUT2D eigenvalue weighted by molar-refractivity contribution is 5.28. The van der Waals surface area contributed by atoms with Gasteiger partial charge in [0.15, 0.2) is 0 Å². The van der Waals surface area contributed by atoms with Crippen molar-refractivity contribution in [3.05, 3.63) is 35.4 Å². The van der Waals surface area contributed by atoms with Gasteiger partial charge < -0.3 is 0 Å². The van der Waals surface area contributed by atoms with E-state index in [1.807, 2.05) is 0 Å². The van der Waals surface area contributed by atoms with Crippen molar-refractivity contribution in [2.24, 2.45) is 5.92 Å². The van der Waals surface area contributed by atoms with Gasteiger partial charge >= 0.3 is 0 Å². The fourth-order valence-electron chi connectivity index (χ4n) is 2.41. The highest BCUT2D eigenvalue weighted by Gasteiger charge is 2.24. The zero-order chi connectivity index (χ0) is 10.8. The molecule has 1 saturated carbocycles. The molecule has 0 nitrogen and oxygen atoms in total. The zero-order valence-electron chi connectivity index (χ0n) is 10.2. The fourth-order valence-corrected chi connectivity index (χ4v) is 2.41. The number of hydrogen-bond acceptors (Lipinski definition) is 0. The van der Waals surface area contributed by atoms with Crippen LogP contribution in [0.4, 0.5) is 0 Å². The molecule has 15 heavy (non-hydrogen) atoms. The molecule has 1 fully saturated rings. The normalized spacial score (nSPS) is 18.9. The molecule has 1 aliphatic rings. The average molecular weight is 202 g/mol. The Bertz CT molecular complexity index is 321. The first-order valence-corrected chi connectivity index (χ1v) is 6.28. The van der Waals surface area contributed by atoms with E-state index < -0.39 is 0 Å². The quantitative estimate of drug-likeness (QED) is 0.665. The Kier molecular flexibility index (Phi) is 3.14. The van der Waals surface area contributed by atoms with E-state index in [1.54, 1.807) is 5.56 Å². The van der Waals surface area contributed by atoms with Crippen LogP contribution in [-0.4, -0.2) is 0 Å². The van der Waals surface area contributed by atoms with E-state index >= 15 is 0 Å². The highest BCUT2D eigenvalue weighted by atomic mass is 14.3. The van der Waals surface area contributed by atoms with Crippen molar-refractivity contribution in [2.45, 2.75) is 51.9 Å². The van der Waals surface area contributed by atoms with Gasteiger partial charge in [0, 0.05) is 0 Å². The molecule has 0 bridgehead atoms. The molecule has 1 aromatic carbocycles. The minimum absolute atomic E-state index is 0.651. The molecule has 1 aliphatic carbocycles. The van der Waals surface area contributed by atoms with Crippen molar-refractivity contribution in [1.82, 2.24) is 0 Å². The second kappa shape index (κ2) is 4.38. The first-order chi connectivity index (χ1) is 7.18. The van der Waals surface area contributed by atoms with Crippen LogP contribution in [0.1, 0.15) is 63.0 Å². The molecule has 0 aromatic heterocycles. The molecular formula is C15H22. The molecule has 82 valence electrons. The summed E-state index contributed by atoms with van der Waals surface area (Å²) in [7, 11) is 0. The third-order valence-electron chi connectivity index (χ3n) is 3.96. The summed E-state index contributed by atoms with van der Waals surface area (Å²) in [4.78, 5) is 0. The molecule has 0 heterocycles. The van der Waals surface area contributed by atoms with E-state index in [1.165, 1.54) is 24.8 Å². The smallest absolute Gasteiger partial charge is 0.0162 e. The molecule has 2 rings (SSSR count). The topological polar surface area (TPSA) is 0 Å². The molecule has 0 heteroatoms. The van der Waals surface area contributed by atoms with E-state index in [9.17, 15) is 0 Å². The van der Waals surface area contributed by atoms with Gasteiger partial charge in [-0.25, -0.2) is 0 Å². The largest absolute Gasteiger partial charge is 0.0617 e. The molecule has 0 amide bonds. The lowest BCUT2D eigenvalue weighted by atomic mass is 9.73. The molecule has 0 saturated heterocycles. The van der Waals surface area contributed by atoms with Crippen molar-refractivity contribution in [3.8, 4) is 0 Å². The summed E-state index contributed by atoms with van der Waals surface area (Å²) in [5.41, 5.74) is 3.03. The summed E-state index contributed by atoms with van der Waals surface area (Å²) in [5, 5.41) is 0. The predicted molar refractivity (Wildman–Crippen MR) is 66.3 cm³/mol. The second-order valence-corrected chi connectivity index (χ2v) is 5.30. The molecule has 0 spiro atoms. The Labute approximate surface area is 93.7 Å². The minimum Gasteiger partial charge on any atom is -0.0617 e. The van der Waals surface area contributed by atoms with Gasteiger partial charge in [0.05, 0.1) is 0 Å². The van der Waals surface area contributed by atoms with Crippen molar-refractivity contribution in [2.75, 3.05) is 0 Å². The van der Waals surface area contributed by atoms with Gasteiger partial charge in [-0.15, -0.1) is 0 Å². The number of hydrogen-bond donors (Lipinski definition) is 0. The van der Waals surface area contributed by atoms with Crippen molar-refractivity contribution in [3.63, 3.8) is 0 Å². The molecule has 1 aromatic rings. The van der Waals surface area contributed by atoms with E-state index in [4.69, 9.17) is 0 Å². The average Bonchev–Trinajstić information content (AvgIpc) is 2.15. The van der Waals surface area contributed by atoms with Crippen LogP contribution in [0.3, 0.4) is 0 Å². The standard InChI is InChI=1S/C15H22/c1-11(2)14-8-5-9-15(10-14)12(3)13-6-4-7-13/h5,8-13H,4,6-7H2,1-3H3. The fraction of sp³-hybridized carbons (Fsp3) is 0.600. The third kappa shape index (κ3) is 2.25. The van der Waals surface area contributed by atoms with Gasteiger partial charge in [0.25, 0.3) is 0 Å². The molecule has 1 unspecified atom stereocenters. The van der Waals surface area contributed by atoms with Crippen molar-refractivity contribution in [1.29, 1.82) is 0 Å². The van der Waals surface area contributed by atoms with Crippen molar-refractivity contribution >= 4 is 0 Å². The maximum Gasteiger partial charge on any atom is -0.0162 e. The van der Waals surface area contributed by atoms with Crippen LogP contribution >= 0.6 is 0 Å². The van der Waals surface area contributed by atoms with Crippen LogP contribution in [-0.2, 0) is 0 Å². The Morgan fingerprint density at radius 3 is 2.27 bits per heavy atom. The van der Waals surface area contributed by atoms with E-state index in [-0.39, 0.29) is 0 Å². The maximum atomic E-state index is 2.41. The minimum atomic E-state index is 0.651. The third-order valence-corrected chi connectivity index (χ3v) is 3.96. The Morgan fingerprint density at radius 1 is 1.07 bits per heavy atom. The second-order valence-electron chi connectivity index (χ2n) is 5.30. The van der Waals surface area contributed by atoms with Crippen molar-refractivity contribution < 1.29 is 0 Å². The lowest BCUT2D eigenvalue weighted by Gasteiger charge is -2.32. The Hall–Kier alpha value is -0.780. The van der Waals surface area contributed by atoms with E-state index in [0.717, 1.165) is 11.8 Å². The molecule has 1 atom stereocenters. The number of rotatable bonds is 3. The predicted octanol–water partition coefficient (Wildman–Crippen LogP) is 4.71. The first-order valence-electron chi connectivity index (χ1n) is 6.28. The molecule has 0 aliphatic heterocycles. The van der Waals surface area contributed by atoms with Crippen LogP contribution in [0.15, 0.2) is 24.3 Å². The van der Waals surface area contributed by atoms with Crippen LogP contribution in [0.25, 0.3) is 0 Å². The van der Waals surface area contributed by atoms with Gasteiger partial charge in [0.2, 0.25) is 0 Å². The number of benzene rings is 1. The Balaban J connectivity index is 2.16. The summed E-state index contributed by atoms with van der Waals surface area (Å²) in [6.45, 7) is 6.93. The van der Waals surface area contributed by atoms with Gasteiger partial charge in [-0.05, 0) is 41.7 Å². The van der Waals surface area contributed by atoms with Gasteiger partial charge in [0.1, 0.15) is 0 Å². The maximum absolute atomic E-state index is 2.41. The van der Waals surface area contributed by atoms with E-state index in [0.29, 0.717) is 5.92 Å². The van der Waals surface area contributed by atoms with Crippen LogP contribution in [0.5, 0.6) is 0 Å². The summed E-state index contributed by atoms with van der Waals surface area (Å²) in [5.74, 6) is 2.36. The first kappa shape index (κ1) is 10.7. The summed E-state index contributed by atoms with van der Waals surface area (Å²) < 4.78 is 0. The lowest BCUT2D eigenvalue weighted by Crippen LogP contribution is -2.18. The SMILES string of the molecule is CC(C)c1cccc(C(C)C2CCC2)c1. The van der Waals surface area contributed by atoms with Crippen LogP contribution < -0.4 is 0 Å².